The Labute approximate surface area is 84.3 Å². The molecule has 5 heteroatoms. The Morgan fingerprint density at radius 1 is 1.64 bits per heavy atom. The molecule has 0 amide bonds. The van der Waals surface area contributed by atoms with Crippen LogP contribution in [0.3, 0.4) is 0 Å². The molecule has 1 aromatic rings. The third kappa shape index (κ3) is 2.52. The fraction of sp³-hybridized carbons (Fsp3) is 0.778. The molecule has 0 aromatic carbocycles. The van der Waals surface area contributed by atoms with E-state index in [0.29, 0.717) is 6.42 Å². The molecule has 5 nitrogen and oxygen atoms in total. The van der Waals surface area contributed by atoms with E-state index in [9.17, 15) is 0 Å². The third-order valence-electron chi connectivity index (χ3n) is 2.39. The smallest absolute Gasteiger partial charge is 0.138 e. The second-order valence-electron chi connectivity index (χ2n) is 3.30. The molecule has 2 atom stereocenters. The quantitative estimate of drug-likeness (QED) is 0.734. The van der Waals surface area contributed by atoms with Crippen molar-refractivity contribution < 1.29 is 4.74 Å². The first-order valence-electron chi connectivity index (χ1n) is 4.84. The molecular weight excluding hydrogens is 180 g/mol. The number of nitrogens with two attached hydrogens (primary N) is 1. The van der Waals surface area contributed by atoms with Crippen LogP contribution in [0.15, 0.2) is 6.33 Å². The summed E-state index contributed by atoms with van der Waals surface area (Å²) >= 11 is 0. The molecule has 0 saturated carbocycles. The van der Waals surface area contributed by atoms with Crippen molar-refractivity contribution in [3.8, 4) is 0 Å². The lowest BCUT2D eigenvalue weighted by atomic mass is 10.1. The van der Waals surface area contributed by atoms with Gasteiger partial charge in [0.05, 0.1) is 6.10 Å². The van der Waals surface area contributed by atoms with Crippen LogP contribution in [0.2, 0.25) is 0 Å². The Morgan fingerprint density at radius 2 is 2.36 bits per heavy atom. The van der Waals surface area contributed by atoms with Gasteiger partial charge in [0.15, 0.2) is 0 Å². The molecule has 0 aliphatic rings. The molecule has 0 fully saturated rings. The highest BCUT2D eigenvalue weighted by Crippen LogP contribution is 2.03. The van der Waals surface area contributed by atoms with Crippen LogP contribution in [-0.2, 0) is 17.7 Å². The van der Waals surface area contributed by atoms with Crippen LogP contribution in [0.25, 0.3) is 0 Å². The van der Waals surface area contributed by atoms with Crippen LogP contribution in [0.1, 0.15) is 19.7 Å². The molecular formula is C9H18N4O. The average molecular weight is 198 g/mol. The molecule has 1 aromatic heterocycles. The third-order valence-corrected chi connectivity index (χ3v) is 2.39. The Morgan fingerprint density at radius 3 is 2.93 bits per heavy atom. The standard InChI is InChI=1S/C9H18N4O/c1-4-13-9(11-6-12-13)5-8(10)7(2)14-3/h6-8H,4-5,10H2,1-3H3. The largest absolute Gasteiger partial charge is 0.380 e. The fourth-order valence-electron chi connectivity index (χ4n) is 1.26. The summed E-state index contributed by atoms with van der Waals surface area (Å²) in [6.45, 7) is 4.81. The number of nitrogens with zero attached hydrogens (tertiary/aromatic N) is 3. The van der Waals surface area contributed by atoms with Gasteiger partial charge in [-0.1, -0.05) is 0 Å². The van der Waals surface area contributed by atoms with Gasteiger partial charge in [-0.15, -0.1) is 0 Å². The summed E-state index contributed by atoms with van der Waals surface area (Å²) in [5, 5.41) is 4.08. The van der Waals surface area contributed by atoms with Crippen molar-refractivity contribution in [3.05, 3.63) is 12.2 Å². The van der Waals surface area contributed by atoms with E-state index in [4.69, 9.17) is 10.5 Å². The first-order chi connectivity index (χ1) is 6.69. The minimum Gasteiger partial charge on any atom is -0.380 e. The van der Waals surface area contributed by atoms with Gasteiger partial charge in [-0.3, -0.25) is 4.68 Å². The van der Waals surface area contributed by atoms with Crippen LogP contribution in [-0.4, -0.2) is 34.0 Å². The first-order valence-corrected chi connectivity index (χ1v) is 4.84. The lowest BCUT2D eigenvalue weighted by Crippen LogP contribution is -2.36. The molecule has 0 aliphatic carbocycles. The minimum absolute atomic E-state index is 0.0329. The van der Waals surface area contributed by atoms with Crippen LogP contribution >= 0.6 is 0 Å². The molecule has 2 unspecified atom stereocenters. The van der Waals surface area contributed by atoms with Crippen LogP contribution in [0, 0.1) is 0 Å². The van der Waals surface area contributed by atoms with Gasteiger partial charge in [0.25, 0.3) is 0 Å². The molecule has 80 valence electrons. The van der Waals surface area contributed by atoms with Gasteiger partial charge in [0.1, 0.15) is 12.2 Å². The van der Waals surface area contributed by atoms with E-state index in [1.165, 1.54) is 0 Å². The van der Waals surface area contributed by atoms with E-state index >= 15 is 0 Å². The molecule has 0 spiro atoms. The summed E-state index contributed by atoms with van der Waals surface area (Å²) < 4.78 is 7.00. The van der Waals surface area contributed by atoms with Gasteiger partial charge in [0.2, 0.25) is 0 Å². The number of aryl methyl sites for hydroxylation is 1. The highest BCUT2D eigenvalue weighted by molar-refractivity contribution is 4.90. The van der Waals surface area contributed by atoms with Crippen molar-refractivity contribution in [2.75, 3.05) is 7.11 Å². The molecule has 0 radical (unpaired) electrons. The fourth-order valence-corrected chi connectivity index (χ4v) is 1.26. The number of rotatable bonds is 5. The van der Waals surface area contributed by atoms with Gasteiger partial charge in [-0.05, 0) is 13.8 Å². The maximum atomic E-state index is 5.94. The van der Waals surface area contributed by atoms with Crippen LogP contribution in [0.5, 0.6) is 0 Å². The summed E-state index contributed by atoms with van der Waals surface area (Å²) in [5.74, 6) is 0.920. The number of aromatic nitrogens is 3. The van der Waals surface area contributed by atoms with Gasteiger partial charge < -0.3 is 10.5 Å². The van der Waals surface area contributed by atoms with Crippen molar-refractivity contribution >= 4 is 0 Å². The Kier molecular flexibility index (Phi) is 4.03. The van der Waals surface area contributed by atoms with E-state index in [1.807, 2.05) is 18.5 Å². The Bertz CT molecular complexity index is 274. The molecule has 1 heterocycles. The monoisotopic (exact) mass is 198 g/mol. The van der Waals surface area contributed by atoms with E-state index in [1.54, 1.807) is 13.4 Å². The highest BCUT2D eigenvalue weighted by Gasteiger charge is 2.15. The van der Waals surface area contributed by atoms with Gasteiger partial charge >= 0.3 is 0 Å². The molecule has 2 N–H and O–H groups in total. The summed E-state index contributed by atoms with van der Waals surface area (Å²) in [5.41, 5.74) is 5.94. The molecule has 0 saturated heterocycles. The zero-order valence-corrected chi connectivity index (χ0v) is 8.97. The van der Waals surface area contributed by atoms with Gasteiger partial charge in [-0.2, -0.15) is 5.10 Å². The summed E-state index contributed by atoms with van der Waals surface area (Å²) in [6, 6.07) is -0.0329. The van der Waals surface area contributed by atoms with Gasteiger partial charge in [0, 0.05) is 26.1 Å². The van der Waals surface area contributed by atoms with Crippen molar-refractivity contribution in [2.45, 2.75) is 39.0 Å². The maximum absolute atomic E-state index is 5.94. The second-order valence-corrected chi connectivity index (χ2v) is 3.30. The van der Waals surface area contributed by atoms with E-state index in [2.05, 4.69) is 10.1 Å². The number of methoxy groups -OCH3 is 1. The second kappa shape index (κ2) is 5.07. The zero-order chi connectivity index (χ0) is 10.6. The lowest BCUT2D eigenvalue weighted by molar-refractivity contribution is 0.0946. The maximum Gasteiger partial charge on any atom is 0.138 e. The van der Waals surface area contributed by atoms with Crippen molar-refractivity contribution in [3.63, 3.8) is 0 Å². The predicted molar refractivity (Wildman–Crippen MR) is 53.8 cm³/mol. The van der Waals surface area contributed by atoms with Crippen molar-refractivity contribution in [1.29, 1.82) is 0 Å². The molecule has 0 bridgehead atoms. The van der Waals surface area contributed by atoms with Crippen molar-refractivity contribution in [2.24, 2.45) is 5.73 Å². The lowest BCUT2D eigenvalue weighted by Gasteiger charge is -2.17. The first kappa shape index (κ1) is 11.1. The number of hydrogen-bond acceptors (Lipinski definition) is 4. The Balaban J connectivity index is 2.59. The summed E-state index contributed by atoms with van der Waals surface area (Å²) in [7, 11) is 1.66. The Hall–Kier alpha value is -0.940. The average Bonchev–Trinajstić information content (AvgIpc) is 2.63. The zero-order valence-electron chi connectivity index (χ0n) is 8.97. The van der Waals surface area contributed by atoms with Gasteiger partial charge in [-0.25, -0.2) is 4.98 Å². The topological polar surface area (TPSA) is 66.0 Å². The van der Waals surface area contributed by atoms with Crippen LogP contribution in [0.4, 0.5) is 0 Å². The van der Waals surface area contributed by atoms with Crippen LogP contribution < -0.4 is 5.73 Å². The minimum atomic E-state index is -0.0329. The SMILES string of the molecule is CCn1ncnc1CC(N)C(C)OC. The summed E-state index contributed by atoms with van der Waals surface area (Å²) in [4.78, 5) is 4.16. The van der Waals surface area contributed by atoms with E-state index in [0.717, 1.165) is 12.4 Å². The highest BCUT2D eigenvalue weighted by atomic mass is 16.5. The molecule has 1 rings (SSSR count). The van der Waals surface area contributed by atoms with Crippen molar-refractivity contribution in [1.82, 2.24) is 14.8 Å². The normalized spacial score (nSPS) is 15.4. The number of hydrogen-bond donors (Lipinski definition) is 1. The number of ether oxygens (including phenoxy) is 1. The van der Waals surface area contributed by atoms with E-state index in [-0.39, 0.29) is 12.1 Å². The molecule has 14 heavy (non-hydrogen) atoms. The predicted octanol–water partition coefficient (Wildman–Crippen LogP) is 0.203. The molecule has 0 aliphatic heterocycles. The van der Waals surface area contributed by atoms with E-state index < -0.39 is 0 Å². The summed E-state index contributed by atoms with van der Waals surface area (Å²) in [6.07, 6.45) is 2.29.